The first kappa shape index (κ1) is 20.3. The molecule has 1 N–H and O–H groups in total. The lowest BCUT2D eigenvalue weighted by Crippen LogP contribution is -2.35. The maximum absolute atomic E-state index is 12.5. The fourth-order valence-corrected chi connectivity index (χ4v) is 2.86. The fourth-order valence-electron chi connectivity index (χ4n) is 2.86. The largest absolute Gasteiger partial charge is 0.449 e. The van der Waals surface area contributed by atoms with Gasteiger partial charge >= 0.3 is 5.97 Å². The molecule has 0 fully saturated rings. The Hall–Kier alpha value is -3.47. The van der Waals surface area contributed by atoms with E-state index in [0.717, 1.165) is 22.4 Å². The Morgan fingerprint density at radius 2 is 1.66 bits per heavy atom. The van der Waals surface area contributed by atoms with Crippen molar-refractivity contribution in [1.82, 2.24) is 10.3 Å². The first-order valence-electron chi connectivity index (χ1n) is 9.51. The smallest absolute Gasteiger partial charge is 0.340 e. The molecule has 2 aromatic carbocycles. The van der Waals surface area contributed by atoms with Crippen molar-refractivity contribution in [3.8, 4) is 11.3 Å². The van der Waals surface area contributed by atoms with Gasteiger partial charge in [0.1, 0.15) is 0 Å². The normalized spacial score (nSPS) is 11.6. The summed E-state index contributed by atoms with van der Waals surface area (Å²) < 4.78 is 5.34. The van der Waals surface area contributed by atoms with Gasteiger partial charge in [0.05, 0.1) is 17.0 Å². The molecule has 5 heteroatoms. The highest BCUT2D eigenvalue weighted by Crippen LogP contribution is 2.19. The molecule has 0 spiro atoms. The molecule has 148 valence electrons. The molecule has 1 heterocycles. The van der Waals surface area contributed by atoms with Crippen molar-refractivity contribution in [2.75, 3.05) is 0 Å². The quantitative estimate of drug-likeness (QED) is 0.642. The number of benzene rings is 2. The van der Waals surface area contributed by atoms with Gasteiger partial charge in [-0.2, -0.15) is 0 Å². The van der Waals surface area contributed by atoms with Gasteiger partial charge in [-0.15, -0.1) is 0 Å². The molecular weight excluding hydrogens is 364 g/mol. The second kappa shape index (κ2) is 9.15. The predicted octanol–water partition coefficient (Wildman–Crippen LogP) is 4.23. The van der Waals surface area contributed by atoms with E-state index in [1.165, 1.54) is 0 Å². The number of rotatable bonds is 6. The zero-order valence-electron chi connectivity index (χ0n) is 16.8. The zero-order valence-corrected chi connectivity index (χ0v) is 16.8. The number of carbonyl (C=O) groups excluding carboxylic acids is 2. The molecule has 29 heavy (non-hydrogen) atoms. The molecule has 0 aliphatic heterocycles. The van der Waals surface area contributed by atoms with Crippen LogP contribution in [0.5, 0.6) is 0 Å². The minimum atomic E-state index is -0.902. The van der Waals surface area contributed by atoms with Gasteiger partial charge in [-0.1, -0.05) is 60.2 Å². The van der Waals surface area contributed by atoms with E-state index >= 15 is 0 Å². The van der Waals surface area contributed by atoms with Gasteiger partial charge in [-0.3, -0.25) is 9.78 Å². The van der Waals surface area contributed by atoms with E-state index in [1.54, 1.807) is 26.0 Å². The highest BCUT2D eigenvalue weighted by Gasteiger charge is 2.20. The Balaban J connectivity index is 1.60. The number of aromatic nitrogens is 1. The van der Waals surface area contributed by atoms with Crippen molar-refractivity contribution in [1.29, 1.82) is 0 Å². The number of amides is 1. The van der Waals surface area contributed by atoms with Crippen LogP contribution in [0.15, 0.2) is 66.7 Å². The molecule has 1 aromatic heterocycles. The average molecular weight is 388 g/mol. The molecule has 0 saturated heterocycles. The number of ether oxygens (including phenoxy) is 1. The van der Waals surface area contributed by atoms with Gasteiger partial charge in [0.15, 0.2) is 6.10 Å². The molecule has 3 aromatic rings. The van der Waals surface area contributed by atoms with Crippen LogP contribution in [0, 0.1) is 13.8 Å². The van der Waals surface area contributed by atoms with Crippen LogP contribution in [0.3, 0.4) is 0 Å². The second-order valence-corrected chi connectivity index (χ2v) is 6.95. The minimum Gasteiger partial charge on any atom is -0.449 e. The topological polar surface area (TPSA) is 68.3 Å². The standard InChI is InChI=1S/C24H24N2O3/c1-16-9-11-19(12-10-16)15-25-23(27)18(3)29-24(28)21-13-14-22(26-17(21)2)20-7-5-4-6-8-20/h4-14,18H,15H2,1-3H3,(H,25,27). The first-order valence-corrected chi connectivity index (χ1v) is 9.51. The average Bonchev–Trinajstić information content (AvgIpc) is 2.73. The summed E-state index contributed by atoms with van der Waals surface area (Å²) in [6.07, 6.45) is -0.902. The summed E-state index contributed by atoms with van der Waals surface area (Å²) in [6, 6.07) is 21.1. The molecule has 0 bridgehead atoms. The Morgan fingerprint density at radius 3 is 2.31 bits per heavy atom. The van der Waals surface area contributed by atoms with Gasteiger partial charge in [-0.05, 0) is 38.5 Å². The number of aryl methyl sites for hydroxylation is 2. The molecule has 5 nitrogen and oxygen atoms in total. The molecule has 1 unspecified atom stereocenters. The fraction of sp³-hybridized carbons (Fsp3) is 0.208. The highest BCUT2D eigenvalue weighted by molar-refractivity contribution is 5.93. The predicted molar refractivity (Wildman–Crippen MR) is 112 cm³/mol. The van der Waals surface area contributed by atoms with E-state index in [0.29, 0.717) is 17.8 Å². The van der Waals surface area contributed by atoms with Crippen molar-refractivity contribution >= 4 is 11.9 Å². The molecular formula is C24H24N2O3. The Morgan fingerprint density at radius 1 is 0.966 bits per heavy atom. The Bertz CT molecular complexity index is 998. The molecule has 1 amide bonds. The lowest BCUT2D eigenvalue weighted by molar-refractivity contribution is -0.129. The van der Waals surface area contributed by atoms with Crippen LogP contribution in [0.1, 0.15) is 34.1 Å². The third-order valence-electron chi connectivity index (χ3n) is 4.62. The minimum absolute atomic E-state index is 0.342. The first-order chi connectivity index (χ1) is 13.9. The summed E-state index contributed by atoms with van der Waals surface area (Å²) >= 11 is 0. The summed E-state index contributed by atoms with van der Waals surface area (Å²) in [5, 5.41) is 2.79. The van der Waals surface area contributed by atoms with Crippen LogP contribution in [-0.4, -0.2) is 23.0 Å². The molecule has 0 radical (unpaired) electrons. The number of esters is 1. The van der Waals surface area contributed by atoms with Crippen molar-refractivity contribution < 1.29 is 14.3 Å². The number of carbonyl (C=O) groups is 2. The summed E-state index contributed by atoms with van der Waals surface area (Å²) in [4.78, 5) is 29.3. The lowest BCUT2D eigenvalue weighted by Gasteiger charge is -2.14. The van der Waals surface area contributed by atoms with Gasteiger partial charge in [0.25, 0.3) is 5.91 Å². The van der Waals surface area contributed by atoms with Crippen molar-refractivity contribution in [2.24, 2.45) is 0 Å². The van der Waals surface area contributed by atoms with Crippen LogP contribution in [-0.2, 0) is 16.1 Å². The van der Waals surface area contributed by atoms with Gasteiger partial charge in [0.2, 0.25) is 0 Å². The van der Waals surface area contributed by atoms with Crippen molar-refractivity contribution in [2.45, 2.75) is 33.4 Å². The van der Waals surface area contributed by atoms with Crippen LogP contribution in [0.2, 0.25) is 0 Å². The number of nitrogens with zero attached hydrogens (tertiary/aromatic N) is 1. The van der Waals surface area contributed by atoms with Crippen LogP contribution >= 0.6 is 0 Å². The monoisotopic (exact) mass is 388 g/mol. The van der Waals surface area contributed by atoms with E-state index in [1.807, 2.05) is 61.5 Å². The van der Waals surface area contributed by atoms with Crippen LogP contribution in [0.25, 0.3) is 11.3 Å². The molecule has 0 saturated carbocycles. The van der Waals surface area contributed by atoms with E-state index in [9.17, 15) is 9.59 Å². The highest BCUT2D eigenvalue weighted by atomic mass is 16.5. The van der Waals surface area contributed by atoms with E-state index < -0.39 is 12.1 Å². The zero-order chi connectivity index (χ0) is 20.8. The van der Waals surface area contributed by atoms with Crippen LogP contribution < -0.4 is 5.32 Å². The van der Waals surface area contributed by atoms with Crippen molar-refractivity contribution in [3.63, 3.8) is 0 Å². The molecule has 3 rings (SSSR count). The maximum atomic E-state index is 12.5. The van der Waals surface area contributed by atoms with Gasteiger partial charge < -0.3 is 10.1 Å². The van der Waals surface area contributed by atoms with E-state index in [4.69, 9.17) is 4.74 Å². The summed E-state index contributed by atoms with van der Waals surface area (Å²) in [5.74, 6) is -0.905. The maximum Gasteiger partial charge on any atom is 0.340 e. The van der Waals surface area contributed by atoms with E-state index in [-0.39, 0.29) is 5.91 Å². The summed E-state index contributed by atoms with van der Waals surface area (Å²) in [6.45, 7) is 5.70. The van der Waals surface area contributed by atoms with Crippen molar-refractivity contribution in [3.05, 3.63) is 89.1 Å². The van der Waals surface area contributed by atoms with E-state index in [2.05, 4.69) is 10.3 Å². The SMILES string of the molecule is Cc1ccc(CNC(=O)C(C)OC(=O)c2ccc(-c3ccccc3)nc2C)cc1. The molecule has 0 aliphatic rings. The Labute approximate surface area is 170 Å². The number of hydrogen-bond donors (Lipinski definition) is 1. The summed E-state index contributed by atoms with van der Waals surface area (Å²) in [7, 11) is 0. The third kappa shape index (κ3) is 5.29. The molecule has 0 aliphatic carbocycles. The third-order valence-corrected chi connectivity index (χ3v) is 4.62. The number of pyridine rings is 1. The van der Waals surface area contributed by atoms with Crippen LogP contribution in [0.4, 0.5) is 0 Å². The Kier molecular flexibility index (Phi) is 6.39. The second-order valence-electron chi connectivity index (χ2n) is 6.95. The molecule has 1 atom stereocenters. The lowest BCUT2D eigenvalue weighted by atomic mass is 10.1. The van der Waals surface area contributed by atoms with Gasteiger partial charge in [0, 0.05) is 12.1 Å². The van der Waals surface area contributed by atoms with Gasteiger partial charge in [-0.25, -0.2) is 4.79 Å². The number of nitrogens with one attached hydrogen (secondary N) is 1. The number of hydrogen-bond acceptors (Lipinski definition) is 4. The summed E-state index contributed by atoms with van der Waals surface area (Å²) in [5.41, 5.74) is 4.80.